The highest BCUT2D eigenvalue weighted by atomic mass is 19.4. The summed E-state index contributed by atoms with van der Waals surface area (Å²) < 4.78 is 36.0. The Bertz CT molecular complexity index is 438. The highest BCUT2D eigenvalue weighted by Gasteiger charge is 2.27. The van der Waals surface area contributed by atoms with Crippen molar-refractivity contribution in [1.82, 2.24) is 5.32 Å². The van der Waals surface area contributed by atoms with Gasteiger partial charge in [-0.1, -0.05) is 19.9 Å². The number of hydrogen-bond donors (Lipinski definition) is 1. The van der Waals surface area contributed by atoms with Gasteiger partial charge < -0.3 is 5.32 Å². The first kappa shape index (κ1) is 14.5. The number of nitrogens with one attached hydrogen (secondary N) is 1. The highest BCUT2D eigenvalue weighted by Crippen LogP contribution is 2.20. The van der Waals surface area contributed by atoms with Gasteiger partial charge in [-0.3, -0.25) is 4.79 Å². The van der Waals surface area contributed by atoms with Crippen LogP contribution in [0.1, 0.15) is 41.3 Å². The zero-order valence-electron chi connectivity index (χ0n) is 10.6. The van der Waals surface area contributed by atoms with Crippen molar-refractivity contribution in [2.24, 2.45) is 0 Å². The fourth-order valence-corrected chi connectivity index (χ4v) is 1.69. The lowest BCUT2D eigenvalue weighted by Crippen LogP contribution is -2.33. The van der Waals surface area contributed by atoms with Gasteiger partial charge in [-0.25, -0.2) is 0 Å². The molecule has 0 heterocycles. The van der Waals surface area contributed by atoms with Crippen molar-refractivity contribution in [3.05, 3.63) is 34.9 Å². The maximum Gasteiger partial charge on any atom is 0.405 e. The molecule has 1 aromatic carbocycles. The third kappa shape index (κ3) is 4.05. The summed E-state index contributed by atoms with van der Waals surface area (Å²) in [6, 6.07) is 4.93. The summed E-state index contributed by atoms with van der Waals surface area (Å²) in [6.45, 7) is 4.54. The third-order valence-electron chi connectivity index (χ3n) is 2.61. The second kappa shape index (κ2) is 5.42. The first-order chi connectivity index (χ1) is 8.20. The molecule has 0 saturated carbocycles. The molecule has 18 heavy (non-hydrogen) atoms. The number of alkyl halides is 3. The Balaban J connectivity index is 2.84. The first-order valence-electron chi connectivity index (χ1n) is 5.66. The molecule has 0 atom stereocenters. The topological polar surface area (TPSA) is 29.1 Å². The highest BCUT2D eigenvalue weighted by molar-refractivity contribution is 5.94. The van der Waals surface area contributed by atoms with Crippen molar-refractivity contribution >= 4 is 5.91 Å². The van der Waals surface area contributed by atoms with Crippen molar-refractivity contribution in [2.75, 3.05) is 6.54 Å². The van der Waals surface area contributed by atoms with Crippen molar-refractivity contribution in [3.63, 3.8) is 0 Å². The van der Waals surface area contributed by atoms with Gasteiger partial charge >= 0.3 is 6.18 Å². The van der Waals surface area contributed by atoms with Crippen LogP contribution in [-0.4, -0.2) is 18.6 Å². The largest absolute Gasteiger partial charge is 0.405 e. The lowest BCUT2D eigenvalue weighted by Gasteiger charge is -2.13. The molecule has 0 aliphatic rings. The number of benzene rings is 1. The monoisotopic (exact) mass is 259 g/mol. The number of hydrogen-bond acceptors (Lipinski definition) is 1. The standard InChI is InChI=1S/C13H16F3NO/c1-8(2)11-6-10(5-4-9(11)3)12(18)17-7-13(14,15)16/h4-6,8H,7H2,1-3H3,(H,17,18). The molecule has 0 aliphatic heterocycles. The summed E-state index contributed by atoms with van der Waals surface area (Å²) in [5.74, 6) is -0.477. The maximum absolute atomic E-state index is 12.0. The van der Waals surface area contributed by atoms with E-state index >= 15 is 0 Å². The molecule has 2 nitrogen and oxygen atoms in total. The molecule has 0 radical (unpaired) electrons. The molecule has 0 aliphatic carbocycles. The van der Waals surface area contributed by atoms with Crippen LogP contribution in [0.5, 0.6) is 0 Å². The lowest BCUT2D eigenvalue weighted by atomic mass is 9.95. The number of carbonyl (C=O) groups is 1. The molecule has 0 spiro atoms. The van der Waals surface area contributed by atoms with Crippen molar-refractivity contribution in [1.29, 1.82) is 0 Å². The van der Waals surface area contributed by atoms with Crippen molar-refractivity contribution in [3.8, 4) is 0 Å². The van der Waals surface area contributed by atoms with Crippen LogP contribution < -0.4 is 5.32 Å². The minimum absolute atomic E-state index is 0.223. The number of halogens is 3. The molecule has 1 aromatic rings. The number of carbonyl (C=O) groups excluding carboxylic acids is 1. The van der Waals surface area contributed by atoms with Gasteiger partial charge in [-0.15, -0.1) is 0 Å². The smallest absolute Gasteiger partial charge is 0.343 e. The van der Waals surface area contributed by atoms with Gasteiger partial charge in [0.05, 0.1) is 0 Å². The molecule has 0 unspecified atom stereocenters. The number of amides is 1. The quantitative estimate of drug-likeness (QED) is 0.885. The molecule has 0 saturated heterocycles. The molecule has 100 valence electrons. The van der Waals surface area contributed by atoms with Gasteiger partial charge in [0.2, 0.25) is 0 Å². The van der Waals surface area contributed by atoms with Crippen molar-refractivity contribution in [2.45, 2.75) is 32.9 Å². The molecule has 5 heteroatoms. The van der Waals surface area contributed by atoms with E-state index in [9.17, 15) is 18.0 Å². The Morgan fingerprint density at radius 2 is 1.94 bits per heavy atom. The summed E-state index contributed by atoms with van der Waals surface area (Å²) in [5.41, 5.74) is 2.25. The summed E-state index contributed by atoms with van der Waals surface area (Å²) in [5, 5.41) is 1.86. The molecule has 1 rings (SSSR count). The van der Waals surface area contributed by atoms with E-state index in [1.54, 1.807) is 12.1 Å². The van der Waals surface area contributed by atoms with E-state index in [4.69, 9.17) is 0 Å². The first-order valence-corrected chi connectivity index (χ1v) is 5.66. The SMILES string of the molecule is Cc1ccc(C(=O)NCC(F)(F)F)cc1C(C)C. The Morgan fingerprint density at radius 3 is 2.44 bits per heavy atom. The molecular formula is C13H16F3NO. The zero-order valence-corrected chi connectivity index (χ0v) is 10.6. The van der Waals surface area contributed by atoms with Gasteiger partial charge in [0.1, 0.15) is 6.54 Å². The third-order valence-corrected chi connectivity index (χ3v) is 2.61. The van der Waals surface area contributed by atoms with Crippen LogP contribution in [0.4, 0.5) is 13.2 Å². The average molecular weight is 259 g/mol. The fraction of sp³-hybridized carbons (Fsp3) is 0.462. The maximum atomic E-state index is 12.0. The average Bonchev–Trinajstić information content (AvgIpc) is 2.25. The summed E-state index contributed by atoms with van der Waals surface area (Å²) in [7, 11) is 0. The van der Waals surface area contributed by atoms with Crippen LogP contribution in [0, 0.1) is 6.92 Å². The van der Waals surface area contributed by atoms with E-state index in [1.807, 2.05) is 26.1 Å². The van der Waals surface area contributed by atoms with Gasteiger partial charge in [-0.05, 0) is 36.1 Å². The minimum Gasteiger partial charge on any atom is -0.343 e. The van der Waals surface area contributed by atoms with Crippen LogP contribution in [0.25, 0.3) is 0 Å². The van der Waals surface area contributed by atoms with Crippen molar-refractivity contribution < 1.29 is 18.0 Å². The Labute approximate surface area is 104 Å². The normalized spacial score (nSPS) is 11.7. The van der Waals surface area contributed by atoms with Crippen LogP contribution in [0.3, 0.4) is 0 Å². The number of aryl methyl sites for hydroxylation is 1. The lowest BCUT2D eigenvalue weighted by molar-refractivity contribution is -0.123. The van der Waals surface area contributed by atoms with E-state index < -0.39 is 18.6 Å². The Kier molecular flexibility index (Phi) is 4.38. The Hall–Kier alpha value is -1.52. The second-order valence-electron chi connectivity index (χ2n) is 4.52. The Morgan fingerprint density at radius 1 is 1.33 bits per heavy atom. The van der Waals surface area contributed by atoms with Gasteiger partial charge in [-0.2, -0.15) is 13.2 Å². The molecule has 0 fully saturated rings. The van der Waals surface area contributed by atoms with Crippen LogP contribution in [0.2, 0.25) is 0 Å². The van der Waals surface area contributed by atoms with Gasteiger partial charge in [0.15, 0.2) is 0 Å². The van der Waals surface area contributed by atoms with E-state index in [1.165, 1.54) is 6.07 Å². The van der Waals surface area contributed by atoms with E-state index in [0.717, 1.165) is 11.1 Å². The molecular weight excluding hydrogens is 243 g/mol. The predicted molar refractivity (Wildman–Crippen MR) is 63.7 cm³/mol. The fourth-order valence-electron chi connectivity index (χ4n) is 1.69. The van der Waals surface area contributed by atoms with Crippen LogP contribution in [0.15, 0.2) is 18.2 Å². The van der Waals surface area contributed by atoms with Crippen LogP contribution >= 0.6 is 0 Å². The van der Waals surface area contributed by atoms with E-state index in [2.05, 4.69) is 0 Å². The zero-order chi connectivity index (χ0) is 13.9. The minimum atomic E-state index is -4.39. The predicted octanol–water partition coefficient (Wildman–Crippen LogP) is 3.41. The summed E-state index contributed by atoms with van der Waals surface area (Å²) in [4.78, 5) is 11.6. The van der Waals surface area contributed by atoms with Gasteiger partial charge in [0.25, 0.3) is 5.91 Å². The molecule has 1 N–H and O–H groups in total. The van der Waals surface area contributed by atoms with Crippen LogP contribution in [-0.2, 0) is 0 Å². The molecule has 0 bridgehead atoms. The van der Waals surface area contributed by atoms with E-state index in [-0.39, 0.29) is 11.5 Å². The van der Waals surface area contributed by atoms with E-state index in [0.29, 0.717) is 0 Å². The number of rotatable bonds is 3. The molecule has 1 amide bonds. The summed E-state index contributed by atoms with van der Waals surface area (Å²) in [6.07, 6.45) is -4.39. The summed E-state index contributed by atoms with van der Waals surface area (Å²) >= 11 is 0. The molecule has 0 aromatic heterocycles. The second-order valence-corrected chi connectivity index (χ2v) is 4.52. The van der Waals surface area contributed by atoms with Gasteiger partial charge in [0, 0.05) is 5.56 Å².